The minimum Gasteiger partial charge on any atom is -0.326 e. The quantitative estimate of drug-likeness (QED) is 0.919. The third-order valence-electron chi connectivity index (χ3n) is 3.09. The number of para-hydroxylation sites is 1. The minimum absolute atomic E-state index is 0.131. The van der Waals surface area contributed by atoms with E-state index in [1.807, 2.05) is 54.6 Å². The first kappa shape index (κ1) is 13.8. The van der Waals surface area contributed by atoms with E-state index in [2.05, 4.69) is 11.4 Å². The van der Waals surface area contributed by atoms with E-state index in [9.17, 15) is 10.1 Å². The van der Waals surface area contributed by atoms with Crippen molar-refractivity contribution in [3.05, 3.63) is 65.7 Å². The Morgan fingerprint density at radius 1 is 1.15 bits per heavy atom. The Morgan fingerprint density at radius 3 is 2.45 bits per heavy atom. The Morgan fingerprint density at radius 2 is 1.80 bits per heavy atom. The van der Waals surface area contributed by atoms with Crippen molar-refractivity contribution in [2.45, 2.75) is 19.3 Å². The summed E-state index contributed by atoms with van der Waals surface area (Å²) in [5, 5.41) is 12.2. The first-order valence-electron chi connectivity index (χ1n) is 6.50. The van der Waals surface area contributed by atoms with Crippen molar-refractivity contribution < 1.29 is 4.79 Å². The number of anilines is 1. The van der Waals surface area contributed by atoms with Gasteiger partial charge in [0.15, 0.2) is 0 Å². The van der Waals surface area contributed by atoms with Gasteiger partial charge in [0, 0.05) is 12.6 Å². The number of benzene rings is 2. The van der Waals surface area contributed by atoms with E-state index in [0.29, 0.717) is 12.1 Å². The minimum atomic E-state index is -0.277. The first-order valence-corrected chi connectivity index (χ1v) is 6.50. The second kappa shape index (κ2) is 6.53. The van der Waals surface area contributed by atoms with Crippen LogP contribution in [0.25, 0.3) is 0 Å². The molecule has 1 unspecified atom stereocenters. The fourth-order valence-electron chi connectivity index (χ4n) is 2.18. The van der Waals surface area contributed by atoms with Crippen LogP contribution in [0.15, 0.2) is 54.6 Å². The van der Waals surface area contributed by atoms with Gasteiger partial charge in [-0.2, -0.15) is 5.26 Å². The van der Waals surface area contributed by atoms with E-state index in [-0.39, 0.29) is 11.8 Å². The molecule has 2 rings (SSSR count). The number of carbonyl (C=O) groups is 1. The van der Waals surface area contributed by atoms with Crippen molar-refractivity contribution >= 4 is 11.6 Å². The van der Waals surface area contributed by atoms with Crippen LogP contribution in [0.4, 0.5) is 5.69 Å². The van der Waals surface area contributed by atoms with E-state index in [0.717, 1.165) is 11.1 Å². The standard InChI is InChI=1S/C17H16N2O/c1-13(20)19-17-10-6-5-9-16(17)15(12-18)11-14-7-3-2-4-8-14/h2-10,15H,11H2,1H3,(H,19,20). The van der Waals surface area contributed by atoms with Gasteiger partial charge < -0.3 is 5.32 Å². The van der Waals surface area contributed by atoms with Crippen molar-refractivity contribution in [2.24, 2.45) is 0 Å². The van der Waals surface area contributed by atoms with Crippen LogP contribution in [0.5, 0.6) is 0 Å². The monoisotopic (exact) mass is 264 g/mol. The molecule has 2 aromatic rings. The maximum atomic E-state index is 11.2. The van der Waals surface area contributed by atoms with E-state index in [4.69, 9.17) is 0 Å². The molecule has 3 heteroatoms. The third-order valence-corrected chi connectivity index (χ3v) is 3.09. The zero-order chi connectivity index (χ0) is 14.4. The summed E-state index contributed by atoms with van der Waals surface area (Å²) >= 11 is 0. The van der Waals surface area contributed by atoms with Gasteiger partial charge in [-0.3, -0.25) is 4.79 Å². The smallest absolute Gasteiger partial charge is 0.221 e. The van der Waals surface area contributed by atoms with Gasteiger partial charge in [-0.25, -0.2) is 0 Å². The van der Waals surface area contributed by atoms with Gasteiger partial charge in [0.2, 0.25) is 5.91 Å². The van der Waals surface area contributed by atoms with Crippen LogP contribution in [-0.2, 0) is 11.2 Å². The predicted molar refractivity (Wildman–Crippen MR) is 79.2 cm³/mol. The molecule has 3 nitrogen and oxygen atoms in total. The summed E-state index contributed by atoms with van der Waals surface area (Å²) in [6.07, 6.45) is 0.633. The summed E-state index contributed by atoms with van der Waals surface area (Å²) in [6, 6.07) is 19.7. The van der Waals surface area contributed by atoms with E-state index < -0.39 is 0 Å². The second-order valence-electron chi connectivity index (χ2n) is 4.64. The van der Waals surface area contributed by atoms with E-state index in [1.165, 1.54) is 6.92 Å². The molecule has 1 N–H and O–H groups in total. The molecule has 1 amide bonds. The normalized spacial score (nSPS) is 11.4. The van der Waals surface area contributed by atoms with Crippen molar-refractivity contribution in [3.63, 3.8) is 0 Å². The fourth-order valence-corrected chi connectivity index (χ4v) is 2.18. The molecule has 100 valence electrons. The van der Waals surface area contributed by atoms with E-state index >= 15 is 0 Å². The summed E-state index contributed by atoms with van der Waals surface area (Å²) < 4.78 is 0. The average Bonchev–Trinajstić information content (AvgIpc) is 2.46. The summed E-state index contributed by atoms with van der Waals surface area (Å²) in [5.74, 6) is -0.408. The molecule has 0 aliphatic rings. The number of nitrogens with one attached hydrogen (secondary N) is 1. The van der Waals surface area contributed by atoms with Crippen LogP contribution in [-0.4, -0.2) is 5.91 Å². The van der Waals surface area contributed by atoms with Crippen LogP contribution in [0.2, 0.25) is 0 Å². The maximum absolute atomic E-state index is 11.2. The Hall–Kier alpha value is -2.60. The van der Waals surface area contributed by atoms with Crippen LogP contribution in [0.3, 0.4) is 0 Å². The molecule has 0 saturated carbocycles. The molecule has 0 radical (unpaired) electrons. The summed E-state index contributed by atoms with van der Waals surface area (Å²) in [7, 11) is 0. The van der Waals surface area contributed by atoms with Gasteiger partial charge >= 0.3 is 0 Å². The van der Waals surface area contributed by atoms with E-state index in [1.54, 1.807) is 0 Å². The van der Waals surface area contributed by atoms with Crippen molar-refractivity contribution in [1.82, 2.24) is 0 Å². The fraction of sp³-hybridized carbons (Fsp3) is 0.176. The summed E-state index contributed by atoms with van der Waals surface area (Å²) in [5.41, 5.74) is 2.67. The van der Waals surface area contributed by atoms with Crippen LogP contribution in [0, 0.1) is 11.3 Å². The molecule has 1 atom stereocenters. The highest BCUT2D eigenvalue weighted by atomic mass is 16.1. The lowest BCUT2D eigenvalue weighted by Gasteiger charge is -2.14. The highest BCUT2D eigenvalue weighted by molar-refractivity contribution is 5.89. The second-order valence-corrected chi connectivity index (χ2v) is 4.64. The van der Waals surface area contributed by atoms with Gasteiger partial charge in [-0.15, -0.1) is 0 Å². The Balaban J connectivity index is 2.28. The Kier molecular flexibility index (Phi) is 4.52. The summed E-state index contributed by atoms with van der Waals surface area (Å²) in [6.45, 7) is 1.47. The largest absolute Gasteiger partial charge is 0.326 e. The highest BCUT2D eigenvalue weighted by Gasteiger charge is 2.15. The Labute approximate surface area is 118 Å². The van der Waals surface area contributed by atoms with Crippen LogP contribution < -0.4 is 5.32 Å². The number of nitriles is 1. The molecule has 2 aromatic carbocycles. The predicted octanol–water partition coefficient (Wildman–Crippen LogP) is 3.49. The number of rotatable bonds is 4. The van der Waals surface area contributed by atoms with Gasteiger partial charge in [-0.1, -0.05) is 48.5 Å². The number of carbonyl (C=O) groups excluding carboxylic acids is 1. The zero-order valence-electron chi connectivity index (χ0n) is 11.3. The zero-order valence-corrected chi connectivity index (χ0v) is 11.3. The molecule has 0 heterocycles. The van der Waals surface area contributed by atoms with Crippen molar-refractivity contribution in [1.29, 1.82) is 5.26 Å². The number of hydrogen-bond acceptors (Lipinski definition) is 2. The molecule has 0 aromatic heterocycles. The van der Waals surface area contributed by atoms with Gasteiger partial charge in [0.05, 0.1) is 12.0 Å². The molecular weight excluding hydrogens is 248 g/mol. The van der Waals surface area contributed by atoms with Crippen LogP contribution >= 0.6 is 0 Å². The van der Waals surface area contributed by atoms with Crippen LogP contribution in [0.1, 0.15) is 24.0 Å². The maximum Gasteiger partial charge on any atom is 0.221 e. The topological polar surface area (TPSA) is 52.9 Å². The lowest BCUT2D eigenvalue weighted by Crippen LogP contribution is -2.10. The molecule has 0 spiro atoms. The summed E-state index contributed by atoms with van der Waals surface area (Å²) in [4.78, 5) is 11.2. The molecule has 0 aliphatic carbocycles. The molecule has 0 fully saturated rings. The SMILES string of the molecule is CC(=O)Nc1ccccc1C(C#N)Cc1ccccc1. The number of hydrogen-bond donors (Lipinski definition) is 1. The Bertz CT molecular complexity index is 629. The lowest BCUT2D eigenvalue weighted by molar-refractivity contribution is -0.114. The van der Waals surface area contributed by atoms with Gasteiger partial charge in [-0.05, 0) is 23.6 Å². The van der Waals surface area contributed by atoms with Crippen molar-refractivity contribution in [3.8, 4) is 6.07 Å². The van der Waals surface area contributed by atoms with Gasteiger partial charge in [0.25, 0.3) is 0 Å². The molecule has 20 heavy (non-hydrogen) atoms. The van der Waals surface area contributed by atoms with Gasteiger partial charge in [0.1, 0.15) is 0 Å². The third kappa shape index (κ3) is 3.46. The van der Waals surface area contributed by atoms with Crippen molar-refractivity contribution in [2.75, 3.05) is 5.32 Å². The molecule has 0 saturated heterocycles. The number of amides is 1. The average molecular weight is 264 g/mol. The first-order chi connectivity index (χ1) is 9.70. The number of nitrogens with zero attached hydrogens (tertiary/aromatic N) is 1. The molecule has 0 bridgehead atoms. The highest BCUT2D eigenvalue weighted by Crippen LogP contribution is 2.27. The molecule has 0 aliphatic heterocycles. The molecular formula is C17H16N2O. The lowest BCUT2D eigenvalue weighted by atomic mass is 9.92.